The van der Waals surface area contributed by atoms with E-state index in [4.69, 9.17) is 10.5 Å². The van der Waals surface area contributed by atoms with E-state index in [0.717, 1.165) is 11.4 Å². The standard InChI is InChI=1S/C21H28N6O3/c1-3-23-21(29)16-9-10-27-18(11-16)25-26-19(27)17(24-20(28)14(2)22)13-30-12-15-7-5-4-6-8-15/h4-8,16-17H,2-3,9-13,22H2,1H3,(H,23,29)(H,24,28)/t16?,17-/m1/s1. The average Bonchev–Trinajstić information content (AvgIpc) is 3.17. The molecule has 0 fully saturated rings. The van der Waals surface area contributed by atoms with Crippen molar-refractivity contribution in [3.63, 3.8) is 0 Å². The first-order chi connectivity index (χ1) is 14.5. The molecule has 2 heterocycles. The predicted molar refractivity (Wildman–Crippen MR) is 111 cm³/mol. The topological polar surface area (TPSA) is 124 Å². The number of nitrogens with zero attached hydrogens (tertiary/aromatic N) is 3. The molecule has 3 rings (SSSR count). The molecule has 0 radical (unpaired) electrons. The lowest BCUT2D eigenvalue weighted by Gasteiger charge is -2.25. The van der Waals surface area contributed by atoms with Gasteiger partial charge in [-0.1, -0.05) is 36.9 Å². The van der Waals surface area contributed by atoms with Crippen LogP contribution in [0.3, 0.4) is 0 Å². The van der Waals surface area contributed by atoms with Gasteiger partial charge in [-0.2, -0.15) is 0 Å². The number of amides is 2. The van der Waals surface area contributed by atoms with Crippen LogP contribution >= 0.6 is 0 Å². The molecule has 2 atom stereocenters. The maximum atomic E-state index is 12.2. The Hall–Kier alpha value is -3.20. The minimum atomic E-state index is -0.538. The Morgan fingerprint density at radius 1 is 1.33 bits per heavy atom. The summed E-state index contributed by atoms with van der Waals surface area (Å²) >= 11 is 0. The second kappa shape index (κ2) is 10.0. The summed E-state index contributed by atoms with van der Waals surface area (Å²) in [6.07, 6.45) is 1.19. The van der Waals surface area contributed by atoms with Crippen molar-refractivity contribution in [2.45, 2.75) is 39.0 Å². The number of fused-ring (bicyclic) bond motifs is 1. The molecule has 1 aromatic carbocycles. The van der Waals surface area contributed by atoms with E-state index in [1.807, 2.05) is 41.8 Å². The first kappa shape index (κ1) is 21.5. The molecule has 1 unspecified atom stereocenters. The summed E-state index contributed by atoms with van der Waals surface area (Å²) in [6, 6.07) is 9.22. The minimum Gasteiger partial charge on any atom is -0.395 e. The molecule has 2 aromatic rings. The Balaban J connectivity index is 1.73. The van der Waals surface area contributed by atoms with Crippen molar-refractivity contribution in [3.8, 4) is 0 Å². The maximum Gasteiger partial charge on any atom is 0.267 e. The lowest BCUT2D eigenvalue weighted by Crippen LogP contribution is -2.38. The molecule has 2 amide bonds. The van der Waals surface area contributed by atoms with Crippen LogP contribution < -0.4 is 16.4 Å². The predicted octanol–water partition coefficient (Wildman–Crippen LogP) is 0.823. The van der Waals surface area contributed by atoms with E-state index in [1.165, 1.54) is 0 Å². The van der Waals surface area contributed by atoms with Crippen LogP contribution in [-0.2, 0) is 33.9 Å². The molecule has 0 saturated heterocycles. The number of carbonyl (C=O) groups excluding carboxylic acids is 2. The molecule has 0 saturated carbocycles. The van der Waals surface area contributed by atoms with Gasteiger partial charge < -0.3 is 25.7 Å². The van der Waals surface area contributed by atoms with Crippen LogP contribution in [0.15, 0.2) is 42.6 Å². The van der Waals surface area contributed by atoms with Crippen molar-refractivity contribution in [3.05, 3.63) is 59.8 Å². The van der Waals surface area contributed by atoms with Crippen LogP contribution in [0, 0.1) is 5.92 Å². The van der Waals surface area contributed by atoms with Gasteiger partial charge in [0.2, 0.25) is 5.91 Å². The van der Waals surface area contributed by atoms with Crippen molar-refractivity contribution in [2.75, 3.05) is 13.2 Å². The quantitative estimate of drug-likeness (QED) is 0.524. The van der Waals surface area contributed by atoms with Crippen LogP contribution in [0.25, 0.3) is 0 Å². The number of benzene rings is 1. The van der Waals surface area contributed by atoms with E-state index in [0.29, 0.717) is 38.4 Å². The molecule has 9 heteroatoms. The van der Waals surface area contributed by atoms with Crippen LogP contribution in [0.1, 0.15) is 36.6 Å². The summed E-state index contributed by atoms with van der Waals surface area (Å²) in [6.45, 7) is 7.18. The SMILES string of the molecule is C=C(N)C(=O)N[C@H](COCc1ccccc1)c1nnc2n1CCC(C(=O)NCC)C2. The van der Waals surface area contributed by atoms with Gasteiger partial charge in [0.1, 0.15) is 11.9 Å². The Labute approximate surface area is 175 Å². The van der Waals surface area contributed by atoms with E-state index in [9.17, 15) is 9.59 Å². The van der Waals surface area contributed by atoms with Crippen LogP contribution in [-0.4, -0.2) is 39.7 Å². The highest BCUT2D eigenvalue weighted by molar-refractivity contribution is 5.91. The Morgan fingerprint density at radius 2 is 2.10 bits per heavy atom. The molecular formula is C21H28N6O3. The molecule has 1 aliphatic rings. The normalized spacial score (nSPS) is 16.4. The third kappa shape index (κ3) is 5.24. The van der Waals surface area contributed by atoms with E-state index >= 15 is 0 Å². The first-order valence-electron chi connectivity index (χ1n) is 10.1. The number of hydrogen-bond acceptors (Lipinski definition) is 6. The molecule has 30 heavy (non-hydrogen) atoms. The number of aromatic nitrogens is 3. The van der Waals surface area contributed by atoms with Gasteiger partial charge in [0, 0.05) is 25.4 Å². The zero-order valence-corrected chi connectivity index (χ0v) is 17.1. The van der Waals surface area contributed by atoms with Crippen LogP contribution in [0.5, 0.6) is 0 Å². The largest absolute Gasteiger partial charge is 0.395 e. The number of hydrogen-bond donors (Lipinski definition) is 3. The highest BCUT2D eigenvalue weighted by Gasteiger charge is 2.30. The third-order valence-corrected chi connectivity index (χ3v) is 5.01. The van der Waals surface area contributed by atoms with Crippen molar-refractivity contribution in [1.29, 1.82) is 0 Å². The summed E-state index contributed by atoms with van der Waals surface area (Å²) in [5.41, 5.74) is 6.48. The Kier molecular flexibility index (Phi) is 7.18. The van der Waals surface area contributed by atoms with E-state index in [1.54, 1.807) is 0 Å². The fraction of sp³-hybridized carbons (Fsp3) is 0.429. The summed E-state index contributed by atoms with van der Waals surface area (Å²) in [5, 5.41) is 14.2. The smallest absolute Gasteiger partial charge is 0.267 e. The van der Waals surface area contributed by atoms with Gasteiger partial charge in [-0.05, 0) is 18.9 Å². The van der Waals surface area contributed by atoms with Gasteiger partial charge in [0.25, 0.3) is 5.91 Å². The van der Waals surface area contributed by atoms with Gasteiger partial charge in [-0.15, -0.1) is 10.2 Å². The van der Waals surface area contributed by atoms with E-state index < -0.39 is 11.9 Å². The Morgan fingerprint density at radius 3 is 2.80 bits per heavy atom. The molecule has 160 valence electrons. The van der Waals surface area contributed by atoms with Gasteiger partial charge in [-0.25, -0.2) is 0 Å². The number of ether oxygens (including phenoxy) is 1. The molecule has 1 aliphatic heterocycles. The van der Waals surface area contributed by atoms with Gasteiger partial charge in [-0.3, -0.25) is 9.59 Å². The molecule has 0 bridgehead atoms. The first-order valence-corrected chi connectivity index (χ1v) is 10.1. The van der Waals surface area contributed by atoms with Gasteiger partial charge in [0.05, 0.1) is 18.9 Å². The monoisotopic (exact) mass is 412 g/mol. The van der Waals surface area contributed by atoms with Crippen molar-refractivity contribution in [1.82, 2.24) is 25.4 Å². The molecule has 0 spiro atoms. The maximum absolute atomic E-state index is 12.2. The number of rotatable bonds is 9. The summed E-state index contributed by atoms with van der Waals surface area (Å²) in [7, 11) is 0. The fourth-order valence-electron chi connectivity index (χ4n) is 3.45. The second-order valence-electron chi connectivity index (χ2n) is 7.26. The van der Waals surface area contributed by atoms with Gasteiger partial charge >= 0.3 is 0 Å². The summed E-state index contributed by atoms with van der Waals surface area (Å²) < 4.78 is 7.79. The highest BCUT2D eigenvalue weighted by atomic mass is 16.5. The summed E-state index contributed by atoms with van der Waals surface area (Å²) in [5.74, 6) is 0.740. The number of carbonyl (C=O) groups is 2. The van der Waals surface area contributed by atoms with E-state index in [-0.39, 0.29) is 24.1 Å². The minimum absolute atomic E-state index is 0.0313. The number of nitrogens with two attached hydrogens (primary N) is 1. The average molecular weight is 412 g/mol. The van der Waals surface area contributed by atoms with Crippen molar-refractivity contribution < 1.29 is 14.3 Å². The van der Waals surface area contributed by atoms with Gasteiger partial charge in [0.15, 0.2) is 5.82 Å². The molecule has 4 N–H and O–H groups in total. The molecular weight excluding hydrogens is 384 g/mol. The van der Waals surface area contributed by atoms with Crippen molar-refractivity contribution >= 4 is 11.8 Å². The van der Waals surface area contributed by atoms with E-state index in [2.05, 4.69) is 27.4 Å². The second-order valence-corrected chi connectivity index (χ2v) is 7.26. The summed E-state index contributed by atoms with van der Waals surface area (Å²) in [4.78, 5) is 24.3. The molecule has 1 aromatic heterocycles. The zero-order valence-electron chi connectivity index (χ0n) is 17.1. The van der Waals surface area contributed by atoms with Crippen LogP contribution in [0.4, 0.5) is 0 Å². The Bertz CT molecular complexity index is 895. The lowest BCUT2D eigenvalue weighted by molar-refractivity contribution is -0.125. The lowest BCUT2D eigenvalue weighted by atomic mass is 9.96. The zero-order chi connectivity index (χ0) is 21.5. The van der Waals surface area contributed by atoms with Crippen molar-refractivity contribution in [2.24, 2.45) is 11.7 Å². The number of nitrogens with one attached hydrogen (secondary N) is 2. The fourth-order valence-corrected chi connectivity index (χ4v) is 3.45. The molecule has 0 aliphatic carbocycles. The molecule has 9 nitrogen and oxygen atoms in total. The van der Waals surface area contributed by atoms with Crippen LogP contribution in [0.2, 0.25) is 0 Å². The highest BCUT2D eigenvalue weighted by Crippen LogP contribution is 2.24. The third-order valence-electron chi connectivity index (χ3n) is 5.01.